The van der Waals surface area contributed by atoms with Crippen molar-refractivity contribution in [1.82, 2.24) is 0 Å². The molecule has 152 valence electrons. The fraction of sp³-hybridized carbons (Fsp3) is 0.238. The number of ketones is 1. The molecule has 0 aliphatic carbocycles. The number of nitrogens with one attached hydrogen (secondary N) is 1. The largest absolute Gasteiger partial charge is 0.465 e. The lowest BCUT2D eigenvalue weighted by atomic mass is 10.1. The van der Waals surface area contributed by atoms with Crippen LogP contribution in [-0.2, 0) is 19.1 Å². The molecule has 0 unspecified atom stereocenters. The van der Waals surface area contributed by atoms with Crippen molar-refractivity contribution in [2.24, 2.45) is 0 Å². The molecular weight excluding hydrogens is 442 g/mol. The second kappa shape index (κ2) is 11.1. The summed E-state index contributed by atoms with van der Waals surface area (Å²) in [7, 11) is 1.26. The number of benzene rings is 2. The van der Waals surface area contributed by atoms with Gasteiger partial charge < -0.3 is 14.8 Å². The number of amides is 1. The topological polar surface area (TPSA) is 98.8 Å². The molecular formula is C21H20BrNO6. The van der Waals surface area contributed by atoms with Crippen LogP contribution in [0, 0.1) is 0 Å². The molecule has 0 saturated heterocycles. The van der Waals surface area contributed by atoms with E-state index in [-0.39, 0.29) is 43.1 Å². The monoisotopic (exact) mass is 461 g/mol. The molecule has 0 heterocycles. The lowest BCUT2D eigenvalue weighted by Gasteiger charge is -2.09. The number of carbonyl (C=O) groups is 4. The maximum Gasteiger partial charge on any atom is 0.339 e. The summed E-state index contributed by atoms with van der Waals surface area (Å²) < 4.78 is 10.5. The van der Waals surface area contributed by atoms with E-state index in [4.69, 9.17) is 4.74 Å². The molecule has 0 bridgehead atoms. The minimum Gasteiger partial charge on any atom is -0.465 e. The van der Waals surface area contributed by atoms with Crippen LogP contribution >= 0.6 is 15.9 Å². The van der Waals surface area contributed by atoms with Gasteiger partial charge in [-0.1, -0.05) is 40.2 Å². The summed E-state index contributed by atoms with van der Waals surface area (Å²) in [5, 5.41) is 2.63. The zero-order valence-corrected chi connectivity index (χ0v) is 17.4. The number of hydrogen-bond acceptors (Lipinski definition) is 6. The van der Waals surface area contributed by atoms with E-state index >= 15 is 0 Å². The van der Waals surface area contributed by atoms with Gasteiger partial charge in [0.05, 0.1) is 18.4 Å². The molecule has 7 nitrogen and oxygen atoms in total. The van der Waals surface area contributed by atoms with Crippen LogP contribution in [0.3, 0.4) is 0 Å². The number of anilines is 1. The summed E-state index contributed by atoms with van der Waals surface area (Å²) in [4.78, 5) is 47.5. The Bertz CT molecular complexity index is 894. The van der Waals surface area contributed by atoms with Crippen molar-refractivity contribution < 1.29 is 28.7 Å². The zero-order valence-electron chi connectivity index (χ0n) is 15.8. The maximum absolute atomic E-state index is 12.1. The minimum absolute atomic E-state index is 0.000311. The number of carbonyl (C=O) groups excluding carboxylic acids is 4. The average Bonchev–Trinajstić information content (AvgIpc) is 2.72. The normalized spacial score (nSPS) is 10.1. The first-order valence-corrected chi connectivity index (χ1v) is 9.61. The Labute approximate surface area is 176 Å². The molecule has 0 radical (unpaired) electrons. The first kappa shape index (κ1) is 22.3. The minimum atomic E-state index is -0.557. The molecule has 1 amide bonds. The number of halogens is 1. The molecule has 2 aromatic rings. The van der Waals surface area contributed by atoms with Gasteiger partial charge in [-0.15, -0.1) is 0 Å². The van der Waals surface area contributed by atoms with Gasteiger partial charge in [0, 0.05) is 22.9 Å². The first-order valence-electron chi connectivity index (χ1n) is 8.82. The zero-order chi connectivity index (χ0) is 21.2. The van der Waals surface area contributed by atoms with E-state index in [9.17, 15) is 19.2 Å². The van der Waals surface area contributed by atoms with E-state index in [1.54, 1.807) is 48.5 Å². The van der Waals surface area contributed by atoms with Crippen molar-refractivity contribution in [1.29, 1.82) is 0 Å². The van der Waals surface area contributed by atoms with Gasteiger partial charge in [0.25, 0.3) is 0 Å². The van der Waals surface area contributed by atoms with E-state index in [2.05, 4.69) is 26.0 Å². The summed E-state index contributed by atoms with van der Waals surface area (Å²) in [5.74, 6) is -1.76. The molecule has 2 rings (SSSR count). The summed E-state index contributed by atoms with van der Waals surface area (Å²) in [6, 6.07) is 13.2. The van der Waals surface area contributed by atoms with Crippen molar-refractivity contribution >= 4 is 45.2 Å². The van der Waals surface area contributed by atoms with E-state index in [1.807, 2.05) is 0 Å². The highest BCUT2D eigenvalue weighted by atomic mass is 79.9. The smallest absolute Gasteiger partial charge is 0.339 e. The Balaban J connectivity index is 1.73. The quantitative estimate of drug-likeness (QED) is 0.450. The third-order valence-corrected chi connectivity index (χ3v) is 4.45. The Morgan fingerprint density at radius 1 is 0.966 bits per heavy atom. The number of methoxy groups -OCH3 is 1. The summed E-state index contributed by atoms with van der Waals surface area (Å²) in [6.07, 6.45) is 0.308. The van der Waals surface area contributed by atoms with Gasteiger partial charge in [0.1, 0.15) is 0 Å². The molecule has 1 N–H and O–H groups in total. The lowest BCUT2D eigenvalue weighted by Crippen LogP contribution is -2.16. The van der Waals surface area contributed by atoms with Crippen LogP contribution in [0.1, 0.15) is 40.0 Å². The number of Topliss-reactive ketones (excluding diaryl/α,β-unsaturated/α-hetero) is 1. The fourth-order valence-electron chi connectivity index (χ4n) is 2.42. The van der Waals surface area contributed by atoms with Gasteiger partial charge in [-0.25, -0.2) is 4.79 Å². The molecule has 0 fully saturated rings. The second-order valence-corrected chi connectivity index (χ2v) is 6.95. The van der Waals surface area contributed by atoms with Crippen LogP contribution in [0.5, 0.6) is 0 Å². The van der Waals surface area contributed by atoms with Crippen LogP contribution in [0.4, 0.5) is 5.69 Å². The van der Waals surface area contributed by atoms with E-state index in [0.717, 1.165) is 4.47 Å². The second-order valence-electron chi connectivity index (χ2n) is 6.03. The maximum atomic E-state index is 12.1. The average molecular weight is 462 g/mol. The standard InChI is InChI=1S/C21H20BrNO6/c1-28-21(27)16-5-2-3-6-17(16)23-19(25)7-4-8-20(26)29-13-18(24)14-9-11-15(22)12-10-14/h2-3,5-6,9-12H,4,7-8,13H2,1H3,(H,23,25). The van der Waals surface area contributed by atoms with Crippen LogP contribution < -0.4 is 5.32 Å². The molecule has 8 heteroatoms. The molecule has 0 spiro atoms. The summed E-state index contributed by atoms with van der Waals surface area (Å²) in [5.41, 5.74) is 1.03. The Hall–Kier alpha value is -3.00. The van der Waals surface area contributed by atoms with Crippen molar-refractivity contribution in [3.63, 3.8) is 0 Å². The Kier molecular flexibility index (Phi) is 8.54. The number of rotatable bonds is 9. The molecule has 2 aromatic carbocycles. The van der Waals surface area contributed by atoms with Gasteiger partial charge in [0.15, 0.2) is 12.4 Å². The summed E-state index contributed by atoms with van der Waals surface area (Å²) in [6.45, 7) is -0.348. The SMILES string of the molecule is COC(=O)c1ccccc1NC(=O)CCCC(=O)OCC(=O)c1ccc(Br)cc1. The Morgan fingerprint density at radius 2 is 1.66 bits per heavy atom. The lowest BCUT2D eigenvalue weighted by molar-refractivity contribution is -0.142. The van der Waals surface area contributed by atoms with Gasteiger partial charge in [-0.3, -0.25) is 14.4 Å². The van der Waals surface area contributed by atoms with Gasteiger partial charge in [0.2, 0.25) is 5.91 Å². The predicted octanol–water partition coefficient (Wildman–Crippen LogP) is 3.77. The van der Waals surface area contributed by atoms with Gasteiger partial charge >= 0.3 is 11.9 Å². The van der Waals surface area contributed by atoms with Crippen LogP contribution in [0.2, 0.25) is 0 Å². The van der Waals surface area contributed by atoms with E-state index in [1.165, 1.54) is 7.11 Å². The van der Waals surface area contributed by atoms with Crippen molar-refractivity contribution in [2.45, 2.75) is 19.3 Å². The predicted molar refractivity (Wildman–Crippen MR) is 110 cm³/mol. The van der Waals surface area contributed by atoms with Crippen LogP contribution in [0.25, 0.3) is 0 Å². The van der Waals surface area contributed by atoms with E-state index in [0.29, 0.717) is 11.3 Å². The van der Waals surface area contributed by atoms with E-state index < -0.39 is 11.9 Å². The molecule has 0 aromatic heterocycles. The molecule has 0 saturated carbocycles. The van der Waals surface area contributed by atoms with Gasteiger partial charge in [-0.2, -0.15) is 0 Å². The molecule has 0 aliphatic heterocycles. The summed E-state index contributed by atoms with van der Waals surface area (Å²) >= 11 is 3.28. The first-order chi connectivity index (χ1) is 13.9. The molecule has 29 heavy (non-hydrogen) atoms. The fourth-order valence-corrected chi connectivity index (χ4v) is 2.69. The van der Waals surface area contributed by atoms with Crippen molar-refractivity contribution in [2.75, 3.05) is 19.0 Å². The van der Waals surface area contributed by atoms with Gasteiger partial charge in [-0.05, 0) is 30.7 Å². The van der Waals surface area contributed by atoms with Crippen molar-refractivity contribution in [3.8, 4) is 0 Å². The number of para-hydroxylation sites is 1. The van der Waals surface area contributed by atoms with Crippen molar-refractivity contribution in [3.05, 3.63) is 64.1 Å². The Morgan fingerprint density at radius 3 is 2.34 bits per heavy atom. The molecule has 0 atom stereocenters. The number of hydrogen-bond donors (Lipinski definition) is 1. The highest BCUT2D eigenvalue weighted by Gasteiger charge is 2.14. The van der Waals surface area contributed by atoms with Crippen LogP contribution in [0.15, 0.2) is 53.0 Å². The number of esters is 2. The van der Waals surface area contributed by atoms with Crippen LogP contribution in [-0.4, -0.2) is 37.3 Å². The molecule has 0 aliphatic rings. The highest BCUT2D eigenvalue weighted by Crippen LogP contribution is 2.16. The third-order valence-electron chi connectivity index (χ3n) is 3.92. The third kappa shape index (κ3) is 7.15. The number of ether oxygens (including phenoxy) is 2. The highest BCUT2D eigenvalue weighted by molar-refractivity contribution is 9.10.